The van der Waals surface area contributed by atoms with Crippen LogP contribution in [0.15, 0.2) is 23.2 Å². The predicted molar refractivity (Wildman–Crippen MR) is 113 cm³/mol. The number of guanidine groups is 1. The van der Waals surface area contributed by atoms with Gasteiger partial charge in [0, 0.05) is 38.6 Å². The molecule has 1 atom stereocenters. The van der Waals surface area contributed by atoms with E-state index in [1.165, 1.54) is 16.7 Å². The van der Waals surface area contributed by atoms with E-state index in [1.807, 2.05) is 0 Å². The lowest BCUT2D eigenvalue weighted by Gasteiger charge is -2.26. The first-order valence-corrected chi connectivity index (χ1v) is 10.4. The summed E-state index contributed by atoms with van der Waals surface area (Å²) in [4.78, 5) is 18.7. The molecular formula is C22H36N4O. The molecule has 0 aromatic heterocycles. The van der Waals surface area contributed by atoms with Crippen molar-refractivity contribution < 1.29 is 4.79 Å². The summed E-state index contributed by atoms with van der Waals surface area (Å²) in [5.74, 6) is 1.17. The number of carbonyl (C=O) groups is 1. The fraction of sp³-hybridized carbons (Fsp3) is 0.636. The third kappa shape index (κ3) is 6.89. The van der Waals surface area contributed by atoms with Crippen LogP contribution in [0.3, 0.4) is 0 Å². The van der Waals surface area contributed by atoms with Gasteiger partial charge in [0.25, 0.3) is 0 Å². The van der Waals surface area contributed by atoms with Gasteiger partial charge in [-0.25, -0.2) is 0 Å². The summed E-state index contributed by atoms with van der Waals surface area (Å²) in [6.07, 6.45) is 4.62. The van der Waals surface area contributed by atoms with Crippen LogP contribution in [-0.4, -0.2) is 49.0 Å². The SMILES string of the molecule is CCNC(=NCCC(CC)N1CCCC1=O)NCCc1cc(C)cc(C)c1. The van der Waals surface area contributed by atoms with E-state index in [0.717, 1.165) is 57.8 Å². The average Bonchev–Trinajstić information content (AvgIpc) is 3.03. The van der Waals surface area contributed by atoms with Crippen LogP contribution in [0.4, 0.5) is 0 Å². The third-order valence-corrected chi connectivity index (χ3v) is 5.09. The van der Waals surface area contributed by atoms with Crippen molar-refractivity contribution in [1.29, 1.82) is 0 Å². The quantitative estimate of drug-likeness (QED) is 0.517. The van der Waals surface area contributed by atoms with E-state index in [-0.39, 0.29) is 0 Å². The zero-order chi connectivity index (χ0) is 19.6. The highest BCUT2D eigenvalue weighted by Gasteiger charge is 2.26. The number of amides is 1. The molecule has 1 aromatic rings. The van der Waals surface area contributed by atoms with Crippen LogP contribution >= 0.6 is 0 Å². The van der Waals surface area contributed by atoms with E-state index in [4.69, 9.17) is 4.99 Å². The lowest BCUT2D eigenvalue weighted by atomic mass is 10.1. The number of hydrogen-bond acceptors (Lipinski definition) is 2. The Morgan fingerprint density at radius 1 is 1.19 bits per heavy atom. The number of aliphatic imine (C=N–C) groups is 1. The standard InChI is InChI=1S/C22H36N4O/c1-5-20(26-13-7-8-21(26)27)10-12-25-22(23-6-2)24-11-9-19-15-17(3)14-18(4)16-19/h14-16,20H,5-13H2,1-4H3,(H2,23,24,25). The van der Waals surface area contributed by atoms with Gasteiger partial charge in [0.1, 0.15) is 0 Å². The van der Waals surface area contributed by atoms with E-state index in [0.29, 0.717) is 18.4 Å². The monoisotopic (exact) mass is 372 g/mol. The molecule has 0 spiro atoms. The molecule has 1 amide bonds. The van der Waals surface area contributed by atoms with Crippen molar-refractivity contribution in [3.8, 4) is 0 Å². The second kappa shape index (κ2) is 11.0. The topological polar surface area (TPSA) is 56.7 Å². The predicted octanol–water partition coefficient (Wildman–Crippen LogP) is 3.19. The van der Waals surface area contributed by atoms with Gasteiger partial charge in [-0.15, -0.1) is 0 Å². The van der Waals surface area contributed by atoms with Crippen LogP contribution < -0.4 is 10.6 Å². The van der Waals surface area contributed by atoms with Gasteiger partial charge in [-0.1, -0.05) is 36.2 Å². The van der Waals surface area contributed by atoms with E-state index >= 15 is 0 Å². The van der Waals surface area contributed by atoms with E-state index in [1.54, 1.807) is 0 Å². The maximum absolute atomic E-state index is 12.0. The zero-order valence-corrected chi connectivity index (χ0v) is 17.5. The van der Waals surface area contributed by atoms with Crippen molar-refractivity contribution in [3.05, 3.63) is 34.9 Å². The lowest BCUT2D eigenvalue weighted by Crippen LogP contribution is -2.39. The van der Waals surface area contributed by atoms with Crippen molar-refractivity contribution in [3.63, 3.8) is 0 Å². The summed E-state index contributed by atoms with van der Waals surface area (Å²) in [5, 5.41) is 6.76. The second-order valence-electron chi connectivity index (χ2n) is 7.47. The van der Waals surface area contributed by atoms with E-state index < -0.39 is 0 Å². The van der Waals surface area contributed by atoms with Crippen LogP contribution in [0.2, 0.25) is 0 Å². The summed E-state index contributed by atoms with van der Waals surface area (Å²) in [7, 11) is 0. The summed E-state index contributed by atoms with van der Waals surface area (Å²) >= 11 is 0. The van der Waals surface area contributed by atoms with Crippen LogP contribution in [0.25, 0.3) is 0 Å². The minimum atomic E-state index is 0.310. The first kappa shape index (κ1) is 21.3. The fourth-order valence-corrected chi connectivity index (χ4v) is 3.84. The molecule has 0 bridgehead atoms. The number of benzene rings is 1. The Bertz CT molecular complexity index is 621. The molecule has 2 N–H and O–H groups in total. The number of carbonyl (C=O) groups excluding carboxylic acids is 1. The minimum absolute atomic E-state index is 0.310. The van der Waals surface area contributed by atoms with Gasteiger partial charge >= 0.3 is 0 Å². The van der Waals surface area contributed by atoms with Crippen LogP contribution in [0.5, 0.6) is 0 Å². The normalized spacial score (nSPS) is 15.9. The maximum Gasteiger partial charge on any atom is 0.222 e. The molecular weight excluding hydrogens is 336 g/mol. The number of nitrogens with one attached hydrogen (secondary N) is 2. The number of nitrogens with zero attached hydrogens (tertiary/aromatic N) is 2. The first-order chi connectivity index (χ1) is 13.0. The third-order valence-electron chi connectivity index (χ3n) is 5.09. The highest BCUT2D eigenvalue weighted by atomic mass is 16.2. The molecule has 0 aliphatic carbocycles. The Morgan fingerprint density at radius 2 is 1.93 bits per heavy atom. The number of rotatable bonds is 9. The molecule has 5 nitrogen and oxygen atoms in total. The summed E-state index contributed by atoms with van der Waals surface area (Å²) in [6, 6.07) is 7.02. The Kier molecular flexibility index (Phi) is 8.62. The molecule has 5 heteroatoms. The summed E-state index contributed by atoms with van der Waals surface area (Å²) in [5.41, 5.74) is 3.98. The largest absolute Gasteiger partial charge is 0.357 e. The fourth-order valence-electron chi connectivity index (χ4n) is 3.84. The molecule has 1 heterocycles. The Balaban J connectivity index is 1.83. The van der Waals surface area contributed by atoms with Gasteiger partial charge in [0.2, 0.25) is 5.91 Å². The molecule has 1 fully saturated rings. The van der Waals surface area contributed by atoms with Crippen LogP contribution in [-0.2, 0) is 11.2 Å². The molecule has 0 radical (unpaired) electrons. The van der Waals surface area contributed by atoms with Gasteiger partial charge in [-0.3, -0.25) is 9.79 Å². The van der Waals surface area contributed by atoms with Crippen molar-refractivity contribution in [2.45, 2.75) is 65.8 Å². The van der Waals surface area contributed by atoms with Gasteiger partial charge < -0.3 is 15.5 Å². The van der Waals surface area contributed by atoms with Crippen molar-refractivity contribution in [1.82, 2.24) is 15.5 Å². The zero-order valence-electron chi connectivity index (χ0n) is 17.5. The summed E-state index contributed by atoms with van der Waals surface area (Å²) < 4.78 is 0. The van der Waals surface area contributed by atoms with Gasteiger partial charge in [0.15, 0.2) is 5.96 Å². The molecule has 2 rings (SSSR count). The summed E-state index contributed by atoms with van der Waals surface area (Å²) in [6.45, 7) is 11.9. The van der Waals surface area contributed by atoms with Gasteiger partial charge in [-0.05, 0) is 52.0 Å². The number of likely N-dealkylation sites (tertiary alicyclic amines) is 1. The average molecular weight is 373 g/mol. The molecule has 150 valence electrons. The first-order valence-electron chi connectivity index (χ1n) is 10.4. The number of hydrogen-bond donors (Lipinski definition) is 2. The highest BCUT2D eigenvalue weighted by molar-refractivity contribution is 5.80. The molecule has 0 saturated carbocycles. The maximum atomic E-state index is 12.0. The lowest BCUT2D eigenvalue weighted by molar-refractivity contribution is -0.129. The molecule has 1 unspecified atom stereocenters. The van der Waals surface area contributed by atoms with Crippen LogP contribution in [0.1, 0.15) is 56.2 Å². The minimum Gasteiger partial charge on any atom is -0.357 e. The second-order valence-corrected chi connectivity index (χ2v) is 7.47. The smallest absolute Gasteiger partial charge is 0.222 e. The van der Waals surface area contributed by atoms with Crippen molar-refractivity contribution >= 4 is 11.9 Å². The van der Waals surface area contributed by atoms with Gasteiger partial charge in [-0.2, -0.15) is 0 Å². The number of aryl methyl sites for hydroxylation is 2. The van der Waals surface area contributed by atoms with Crippen LogP contribution in [0, 0.1) is 13.8 Å². The van der Waals surface area contributed by atoms with Crippen molar-refractivity contribution in [2.24, 2.45) is 4.99 Å². The Hall–Kier alpha value is -2.04. The Morgan fingerprint density at radius 3 is 2.52 bits per heavy atom. The van der Waals surface area contributed by atoms with E-state index in [9.17, 15) is 4.79 Å². The van der Waals surface area contributed by atoms with E-state index in [2.05, 4.69) is 61.4 Å². The molecule has 27 heavy (non-hydrogen) atoms. The van der Waals surface area contributed by atoms with Crippen molar-refractivity contribution in [2.75, 3.05) is 26.2 Å². The molecule has 1 aliphatic heterocycles. The molecule has 1 saturated heterocycles. The molecule has 1 aliphatic rings. The van der Waals surface area contributed by atoms with Gasteiger partial charge in [0.05, 0.1) is 0 Å². The highest BCUT2D eigenvalue weighted by Crippen LogP contribution is 2.18. The Labute approximate surface area is 164 Å². The molecule has 1 aromatic carbocycles.